The number of Topliss-reactive ketones (excluding diaryl/α,β-unsaturated/α-hetero) is 1. The molecule has 0 amide bonds. The number of hydrogen-bond acceptors (Lipinski definition) is 5. The molecule has 0 saturated carbocycles. The van der Waals surface area contributed by atoms with Crippen molar-refractivity contribution in [1.82, 2.24) is 0 Å². The third-order valence-electron chi connectivity index (χ3n) is 4.04. The fraction of sp³-hybridized carbons (Fsp3) is 0.158. The smallest absolute Gasteiger partial charge is 0.205 e. The summed E-state index contributed by atoms with van der Waals surface area (Å²) in [6.45, 7) is 0. The number of hydrogen-bond donors (Lipinski definition) is 1. The second-order valence-electron chi connectivity index (χ2n) is 5.42. The van der Waals surface area contributed by atoms with Crippen LogP contribution in [0.2, 0.25) is 0 Å². The van der Waals surface area contributed by atoms with Gasteiger partial charge in [0, 0.05) is 23.5 Å². The summed E-state index contributed by atoms with van der Waals surface area (Å²) in [4.78, 5) is 12.6. The lowest BCUT2D eigenvalue weighted by molar-refractivity contribution is 0.0976. The molecule has 1 aliphatic rings. The Kier molecular flexibility index (Phi) is 4.21. The molecule has 0 radical (unpaired) electrons. The van der Waals surface area contributed by atoms with Crippen LogP contribution in [-0.2, 0) is 0 Å². The van der Waals surface area contributed by atoms with Gasteiger partial charge in [-0.1, -0.05) is 42.5 Å². The van der Waals surface area contributed by atoms with Crippen molar-refractivity contribution in [2.24, 2.45) is 5.73 Å². The highest BCUT2D eigenvalue weighted by Crippen LogP contribution is 2.44. The molecule has 1 unspecified atom stereocenters. The number of rotatable bonds is 4. The molecule has 0 spiro atoms. The number of carbonyl (C=O) groups is 1. The molecule has 0 saturated heterocycles. The lowest BCUT2D eigenvalue weighted by atomic mass is 9.84. The Bertz CT molecular complexity index is 851. The second kappa shape index (κ2) is 6.47. The molecule has 2 aromatic carbocycles. The summed E-state index contributed by atoms with van der Waals surface area (Å²) in [5.41, 5.74) is 7.49. The molecular formula is C19H16N2O3. The van der Waals surface area contributed by atoms with Crippen molar-refractivity contribution in [2.75, 3.05) is 7.11 Å². The molecule has 1 atom stereocenters. The molecule has 0 aromatic heterocycles. The molecule has 0 bridgehead atoms. The number of para-hydroxylation sites is 1. The Morgan fingerprint density at radius 1 is 1.25 bits per heavy atom. The number of ether oxygens (including phenoxy) is 2. The summed E-state index contributed by atoms with van der Waals surface area (Å²) in [6.07, 6.45) is 0.136. The topological polar surface area (TPSA) is 85.3 Å². The van der Waals surface area contributed by atoms with Crippen LogP contribution in [0.15, 0.2) is 60.0 Å². The lowest BCUT2D eigenvalue weighted by Crippen LogP contribution is -2.22. The summed E-state index contributed by atoms with van der Waals surface area (Å²) in [6, 6.07) is 16.4. The van der Waals surface area contributed by atoms with Crippen molar-refractivity contribution in [2.45, 2.75) is 12.3 Å². The predicted octanol–water partition coefficient (Wildman–Crippen LogP) is 3.14. The van der Waals surface area contributed by atoms with E-state index in [2.05, 4.69) is 6.07 Å². The predicted molar refractivity (Wildman–Crippen MR) is 88.6 cm³/mol. The monoisotopic (exact) mass is 320 g/mol. The van der Waals surface area contributed by atoms with Gasteiger partial charge >= 0.3 is 0 Å². The number of nitriles is 1. The van der Waals surface area contributed by atoms with Crippen molar-refractivity contribution in [3.8, 4) is 17.6 Å². The maximum atomic E-state index is 12.6. The standard InChI is InChI=1S/C19H16N2O3/c1-23-17-9-5-8-13-14(15(11-20)19(21)24-18(13)17)10-16(22)12-6-3-2-4-7-12/h2-9,14H,10,21H2,1H3. The van der Waals surface area contributed by atoms with E-state index in [1.54, 1.807) is 24.3 Å². The highest BCUT2D eigenvalue weighted by atomic mass is 16.5. The second-order valence-corrected chi connectivity index (χ2v) is 5.42. The van der Waals surface area contributed by atoms with E-state index in [1.807, 2.05) is 24.3 Å². The zero-order valence-electron chi connectivity index (χ0n) is 13.2. The first-order valence-electron chi connectivity index (χ1n) is 7.48. The number of methoxy groups -OCH3 is 1. The van der Waals surface area contributed by atoms with Crippen LogP contribution in [0.3, 0.4) is 0 Å². The van der Waals surface area contributed by atoms with Gasteiger partial charge in [0.25, 0.3) is 0 Å². The molecule has 5 heteroatoms. The summed E-state index contributed by atoms with van der Waals surface area (Å²) in [7, 11) is 1.53. The van der Waals surface area contributed by atoms with Gasteiger partial charge in [-0.15, -0.1) is 0 Å². The van der Waals surface area contributed by atoms with Gasteiger partial charge in [-0.2, -0.15) is 5.26 Å². The van der Waals surface area contributed by atoms with Gasteiger partial charge in [-0.25, -0.2) is 0 Å². The highest BCUT2D eigenvalue weighted by molar-refractivity contribution is 5.97. The minimum Gasteiger partial charge on any atom is -0.493 e. The molecule has 1 heterocycles. The van der Waals surface area contributed by atoms with Gasteiger partial charge in [-0.05, 0) is 6.07 Å². The van der Waals surface area contributed by atoms with Crippen LogP contribution < -0.4 is 15.2 Å². The average molecular weight is 320 g/mol. The number of fused-ring (bicyclic) bond motifs is 1. The van der Waals surface area contributed by atoms with Crippen LogP contribution in [-0.4, -0.2) is 12.9 Å². The highest BCUT2D eigenvalue weighted by Gasteiger charge is 2.32. The van der Waals surface area contributed by atoms with E-state index < -0.39 is 5.92 Å². The quantitative estimate of drug-likeness (QED) is 0.875. The number of allylic oxidation sites excluding steroid dienone is 1. The van der Waals surface area contributed by atoms with Crippen molar-refractivity contribution < 1.29 is 14.3 Å². The van der Waals surface area contributed by atoms with Crippen molar-refractivity contribution >= 4 is 5.78 Å². The molecule has 2 aromatic rings. The van der Waals surface area contributed by atoms with Crippen molar-refractivity contribution in [1.29, 1.82) is 5.26 Å². The van der Waals surface area contributed by atoms with Crippen LogP contribution in [0.25, 0.3) is 0 Å². The van der Waals surface area contributed by atoms with Crippen LogP contribution in [0.1, 0.15) is 28.3 Å². The molecule has 1 aliphatic heterocycles. The molecule has 3 rings (SSSR count). The average Bonchev–Trinajstić information content (AvgIpc) is 2.62. The molecule has 120 valence electrons. The first-order valence-corrected chi connectivity index (χ1v) is 7.48. The van der Waals surface area contributed by atoms with Gasteiger partial charge in [-0.3, -0.25) is 4.79 Å². The number of nitrogens with two attached hydrogens (primary N) is 1. The lowest BCUT2D eigenvalue weighted by Gasteiger charge is -2.26. The number of benzene rings is 2. The minimum absolute atomic E-state index is 0.0142. The van der Waals surface area contributed by atoms with Crippen molar-refractivity contribution in [3.63, 3.8) is 0 Å². The number of ketones is 1. The fourth-order valence-corrected chi connectivity index (χ4v) is 2.84. The van der Waals surface area contributed by atoms with Gasteiger partial charge in [0.15, 0.2) is 17.3 Å². The zero-order chi connectivity index (χ0) is 17.1. The van der Waals surface area contributed by atoms with Gasteiger partial charge < -0.3 is 15.2 Å². The van der Waals surface area contributed by atoms with Crippen LogP contribution >= 0.6 is 0 Å². The van der Waals surface area contributed by atoms with Gasteiger partial charge in [0.05, 0.1) is 12.7 Å². The Hall–Kier alpha value is -3.26. The van der Waals surface area contributed by atoms with Crippen LogP contribution in [0, 0.1) is 11.3 Å². The van der Waals surface area contributed by atoms with Crippen molar-refractivity contribution in [3.05, 3.63) is 71.1 Å². The third kappa shape index (κ3) is 2.70. The Morgan fingerprint density at radius 3 is 2.67 bits per heavy atom. The van der Waals surface area contributed by atoms with Gasteiger partial charge in [0.1, 0.15) is 6.07 Å². The normalized spacial score (nSPS) is 15.9. The third-order valence-corrected chi connectivity index (χ3v) is 4.04. The van der Waals surface area contributed by atoms with E-state index in [1.165, 1.54) is 7.11 Å². The molecular weight excluding hydrogens is 304 g/mol. The molecule has 5 nitrogen and oxygen atoms in total. The van der Waals surface area contributed by atoms with Crippen LogP contribution in [0.5, 0.6) is 11.5 Å². The SMILES string of the molecule is COc1cccc2c1OC(N)=C(C#N)C2CC(=O)c1ccccc1. The maximum absolute atomic E-state index is 12.6. The Labute approximate surface area is 139 Å². The first kappa shape index (κ1) is 15.6. The van der Waals surface area contributed by atoms with E-state index in [4.69, 9.17) is 15.2 Å². The van der Waals surface area contributed by atoms with Gasteiger partial charge in [0.2, 0.25) is 5.88 Å². The van der Waals surface area contributed by atoms with Crippen LogP contribution in [0.4, 0.5) is 0 Å². The van der Waals surface area contributed by atoms with E-state index >= 15 is 0 Å². The largest absolute Gasteiger partial charge is 0.493 e. The van der Waals surface area contributed by atoms with E-state index in [0.29, 0.717) is 17.1 Å². The summed E-state index contributed by atoms with van der Waals surface area (Å²) in [5, 5.41) is 9.46. The summed E-state index contributed by atoms with van der Waals surface area (Å²) >= 11 is 0. The molecule has 24 heavy (non-hydrogen) atoms. The Balaban J connectivity index is 2.03. The maximum Gasteiger partial charge on any atom is 0.205 e. The zero-order valence-corrected chi connectivity index (χ0v) is 13.2. The first-order chi connectivity index (χ1) is 11.7. The minimum atomic E-state index is -0.457. The summed E-state index contributed by atoms with van der Waals surface area (Å²) < 4.78 is 10.9. The van der Waals surface area contributed by atoms with E-state index in [0.717, 1.165) is 5.56 Å². The molecule has 0 aliphatic carbocycles. The molecule has 0 fully saturated rings. The Morgan fingerprint density at radius 2 is 2.00 bits per heavy atom. The number of carbonyl (C=O) groups excluding carboxylic acids is 1. The number of nitrogens with zero attached hydrogens (tertiary/aromatic N) is 1. The molecule has 2 N–H and O–H groups in total. The summed E-state index contributed by atoms with van der Waals surface area (Å²) in [5.74, 6) is 0.477. The van der Waals surface area contributed by atoms with E-state index in [9.17, 15) is 10.1 Å². The van der Waals surface area contributed by atoms with E-state index in [-0.39, 0.29) is 23.7 Å². The fourth-order valence-electron chi connectivity index (χ4n) is 2.84.